The van der Waals surface area contributed by atoms with E-state index in [1.807, 2.05) is 0 Å². The topological polar surface area (TPSA) is 165 Å². The summed E-state index contributed by atoms with van der Waals surface area (Å²) in [5.41, 5.74) is 9.88. The summed E-state index contributed by atoms with van der Waals surface area (Å²) < 4.78 is 64.6. The van der Waals surface area contributed by atoms with Crippen LogP contribution in [0, 0.1) is 23.0 Å². The van der Waals surface area contributed by atoms with Gasteiger partial charge in [-0.25, -0.2) is 22.0 Å². The third-order valence-corrected chi connectivity index (χ3v) is 12.3. The minimum atomic E-state index is -4.05. The van der Waals surface area contributed by atoms with Gasteiger partial charge >= 0.3 is 6.09 Å². The Morgan fingerprint density at radius 3 is 2.37 bits per heavy atom. The Kier molecular flexibility index (Phi) is 10.9. The number of nitrogens with zero attached hydrogens (tertiary/aromatic N) is 5. The van der Waals surface area contributed by atoms with Crippen molar-refractivity contribution in [3.63, 3.8) is 0 Å². The molecule has 3 atom stereocenters. The maximum Gasteiger partial charge on any atom is 0.407 e. The minimum absolute atomic E-state index is 0.0399. The van der Waals surface area contributed by atoms with Crippen molar-refractivity contribution in [1.29, 1.82) is 0 Å². The van der Waals surface area contributed by atoms with Crippen molar-refractivity contribution in [2.45, 2.75) is 61.4 Å². The number of nitrogens with one attached hydrogen (secondary N) is 1. The van der Waals surface area contributed by atoms with Crippen LogP contribution in [0.15, 0.2) is 82.8 Å². The Bertz CT molecular complexity index is 1880. The molecule has 2 aliphatic heterocycles. The van der Waals surface area contributed by atoms with Crippen LogP contribution >= 0.6 is 0 Å². The standard InChI is InChI=1S/C36H40F2N6O6S/c37-26-11-9-24(10-12-26)32(25-15-19-50-20-16-25)33(41-42-39)34(45)40-31-8-4-7-30(38)29(31)14-13-27-21-43(35(46)47)22-36(17-18-36)23-44(27)51(48,49)28-5-2-1-3-6-28/h1-12,25,27,32-33H,13-23H2,(H,40,45)(H,46,47)/t27?,32-,33-/m0/s1. The van der Waals surface area contributed by atoms with E-state index in [4.69, 9.17) is 4.74 Å². The van der Waals surface area contributed by atoms with Gasteiger partial charge in [-0.2, -0.15) is 4.31 Å². The van der Waals surface area contributed by atoms with Crippen molar-refractivity contribution in [2.75, 3.05) is 38.2 Å². The number of rotatable bonds is 11. The van der Waals surface area contributed by atoms with Crippen LogP contribution in [0.1, 0.15) is 49.1 Å². The summed E-state index contributed by atoms with van der Waals surface area (Å²) in [4.78, 5) is 30.6. The second kappa shape index (κ2) is 15.4. The number of carboxylic acid groups (broad SMARTS) is 1. The molecule has 1 aliphatic carbocycles. The first-order chi connectivity index (χ1) is 24.5. The lowest BCUT2D eigenvalue weighted by Gasteiger charge is -2.34. The first-order valence-corrected chi connectivity index (χ1v) is 18.5. The highest BCUT2D eigenvalue weighted by atomic mass is 32.2. The van der Waals surface area contributed by atoms with Crippen molar-refractivity contribution in [1.82, 2.24) is 9.21 Å². The second-order valence-corrected chi connectivity index (χ2v) is 15.5. The molecule has 2 amide bonds. The van der Waals surface area contributed by atoms with Gasteiger partial charge in [-0.1, -0.05) is 41.5 Å². The normalized spacial score (nSPS) is 20.5. The van der Waals surface area contributed by atoms with Gasteiger partial charge in [0.2, 0.25) is 15.9 Å². The molecule has 0 aromatic heterocycles. The predicted molar refractivity (Wildman–Crippen MR) is 184 cm³/mol. The van der Waals surface area contributed by atoms with Crippen LogP contribution in [0.2, 0.25) is 0 Å². The molecule has 270 valence electrons. The molecule has 51 heavy (non-hydrogen) atoms. The van der Waals surface area contributed by atoms with Gasteiger partial charge in [0, 0.05) is 66.4 Å². The Hall–Kier alpha value is -4.56. The van der Waals surface area contributed by atoms with E-state index in [2.05, 4.69) is 15.3 Å². The van der Waals surface area contributed by atoms with Gasteiger partial charge in [0.05, 0.1) is 4.90 Å². The number of hydrogen-bond acceptors (Lipinski definition) is 6. The Labute approximate surface area is 295 Å². The van der Waals surface area contributed by atoms with E-state index in [9.17, 15) is 33.0 Å². The first kappa shape index (κ1) is 36.2. The summed E-state index contributed by atoms with van der Waals surface area (Å²) in [6, 6.07) is 15.7. The zero-order valence-electron chi connectivity index (χ0n) is 27.9. The van der Waals surface area contributed by atoms with E-state index >= 15 is 4.39 Å². The maximum atomic E-state index is 15.7. The lowest BCUT2D eigenvalue weighted by molar-refractivity contribution is -0.118. The summed E-state index contributed by atoms with van der Waals surface area (Å²) in [7, 11) is -4.05. The van der Waals surface area contributed by atoms with Gasteiger partial charge in [-0.05, 0) is 91.9 Å². The molecule has 2 N–H and O–H groups in total. The average Bonchev–Trinajstić information content (AvgIpc) is 3.92. The van der Waals surface area contributed by atoms with Crippen LogP contribution in [0.5, 0.6) is 0 Å². The molecule has 3 aliphatic rings. The van der Waals surface area contributed by atoms with E-state index in [-0.39, 0.29) is 54.5 Å². The van der Waals surface area contributed by atoms with Crippen LogP contribution in [-0.2, 0) is 26.0 Å². The zero-order chi connectivity index (χ0) is 36.2. The fraction of sp³-hybridized carbons (Fsp3) is 0.444. The molecule has 3 fully saturated rings. The number of azide groups is 1. The SMILES string of the molecule is [N-]=[N+]=N[C@H](C(=O)Nc1cccc(F)c1CCC1CN(C(=O)O)CC2(CC2)CN1S(=O)(=O)c1ccccc1)[C@@H](c1ccc(F)cc1)C1CCOCC1. The van der Waals surface area contributed by atoms with Gasteiger partial charge in [-0.15, -0.1) is 0 Å². The Morgan fingerprint density at radius 2 is 1.73 bits per heavy atom. The Balaban J connectivity index is 1.29. The molecule has 1 saturated carbocycles. The number of hydrogen-bond donors (Lipinski definition) is 2. The van der Waals surface area contributed by atoms with Gasteiger partial charge in [0.25, 0.3) is 0 Å². The van der Waals surface area contributed by atoms with Gasteiger partial charge in [-0.3, -0.25) is 4.79 Å². The van der Waals surface area contributed by atoms with Crippen molar-refractivity contribution < 1.29 is 36.6 Å². The Morgan fingerprint density at radius 1 is 1.02 bits per heavy atom. The number of ether oxygens (including phenoxy) is 1. The van der Waals surface area contributed by atoms with E-state index in [0.717, 1.165) is 0 Å². The molecule has 3 aromatic rings. The molecule has 2 saturated heterocycles. The van der Waals surface area contributed by atoms with E-state index < -0.39 is 57.1 Å². The van der Waals surface area contributed by atoms with Crippen LogP contribution in [-0.4, -0.2) is 79.7 Å². The lowest BCUT2D eigenvalue weighted by atomic mass is 9.76. The quantitative estimate of drug-likeness (QED) is 0.129. The first-order valence-electron chi connectivity index (χ1n) is 17.0. The molecule has 15 heteroatoms. The highest BCUT2D eigenvalue weighted by Gasteiger charge is 2.52. The number of halogens is 2. The summed E-state index contributed by atoms with van der Waals surface area (Å²) in [6.07, 6.45) is 1.39. The molecule has 1 spiro atoms. The fourth-order valence-electron chi connectivity index (χ4n) is 7.47. The van der Waals surface area contributed by atoms with Crippen LogP contribution < -0.4 is 5.32 Å². The summed E-state index contributed by atoms with van der Waals surface area (Å²) in [5, 5.41) is 16.7. The number of carbonyl (C=O) groups is 2. The van der Waals surface area contributed by atoms with Crippen molar-refractivity contribution in [3.05, 3.63) is 106 Å². The molecular weight excluding hydrogens is 682 g/mol. The molecule has 0 bridgehead atoms. The third-order valence-electron chi connectivity index (χ3n) is 10.4. The van der Waals surface area contributed by atoms with Crippen LogP contribution in [0.4, 0.5) is 19.3 Å². The minimum Gasteiger partial charge on any atom is -0.465 e. The molecule has 2 heterocycles. The number of carbonyl (C=O) groups excluding carboxylic acids is 1. The van der Waals surface area contributed by atoms with Crippen molar-refractivity contribution >= 4 is 27.7 Å². The number of anilines is 1. The summed E-state index contributed by atoms with van der Waals surface area (Å²) in [5.74, 6) is -2.54. The highest BCUT2D eigenvalue weighted by Crippen LogP contribution is 2.49. The molecule has 6 rings (SSSR count). The second-order valence-electron chi connectivity index (χ2n) is 13.7. The average molecular weight is 723 g/mol. The van der Waals surface area contributed by atoms with Crippen molar-refractivity contribution in [2.24, 2.45) is 16.4 Å². The molecule has 12 nitrogen and oxygen atoms in total. The van der Waals surface area contributed by atoms with Gasteiger partial charge < -0.3 is 20.1 Å². The zero-order valence-corrected chi connectivity index (χ0v) is 28.7. The van der Waals surface area contributed by atoms with Crippen LogP contribution in [0.3, 0.4) is 0 Å². The van der Waals surface area contributed by atoms with E-state index in [0.29, 0.717) is 44.5 Å². The number of sulfonamides is 1. The van der Waals surface area contributed by atoms with Crippen LogP contribution in [0.25, 0.3) is 10.4 Å². The largest absolute Gasteiger partial charge is 0.465 e. The predicted octanol–water partition coefficient (Wildman–Crippen LogP) is 6.56. The highest BCUT2D eigenvalue weighted by molar-refractivity contribution is 7.89. The summed E-state index contributed by atoms with van der Waals surface area (Å²) >= 11 is 0. The molecule has 0 radical (unpaired) electrons. The molecular formula is C36H40F2N6O6S. The van der Waals surface area contributed by atoms with Crippen molar-refractivity contribution in [3.8, 4) is 0 Å². The van der Waals surface area contributed by atoms with E-state index in [1.54, 1.807) is 30.3 Å². The van der Waals surface area contributed by atoms with Gasteiger partial charge in [0.15, 0.2) is 0 Å². The van der Waals surface area contributed by atoms with Gasteiger partial charge in [0.1, 0.15) is 17.7 Å². The smallest absolute Gasteiger partial charge is 0.407 e. The maximum absolute atomic E-state index is 15.7. The lowest BCUT2D eigenvalue weighted by Crippen LogP contribution is -2.46. The third kappa shape index (κ3) is 8.17. The number of benzene rings is 3. The fourth-order valence-corrected chi connectivity index (χ4v) is 9.25. The molecule has 3 aromatic carbocycles. The molecule has 1 unspecified atom stereocenters. The van der Waals surface area contributed by atoms with E-state index in [1.165, 1.54) is 51.7 Å². The number of amides is 2. The monoisotopic (exact) mass is 722 g/mol. The summed E-state index contributed by atoms with van der Waals surface area (Å²) in [6.45, 7) is 1.11.